The number of fused-ring (bicyclic) bond motifs is 1. The van der Waals surface area contributed by atoms with Gasteiger partial charge in [-0.05, 0) is 19.4 Å². The van der Waals surface area contributed by atoms with E-state index in [1.165, 1.54) is 4.68 Å². The maximum absolute atomic E-state index is 14.1. The molecule has 38 heavy (non-hydrogen) atoms. The van der Waals surface area contributed by atoms with Gasteiger partial charge in [-0.15, -0.1) is 0 Å². The minimum atomic E-state index is -1.19. The highest BCUT2D eigenvalue weighted by Crippen LogP contribution is 2.19. The van der Waals surface area contributed by atoms with Gasteiger partial charge in [0.15, 0.2) is 11.4 Å². The second kappa shape index (κ2) is 11.2. The van der Waals surface area contributed by atoms with Gasteiger partial charge in [0.1, 0.15) is 29.6 Å². The van der Waals surface area contributed by atoms with Crippen molar-refractivity contribution in [1.29, 1.82) is 0 Å². The number of hydrogen-bond acceptors (Lipinski definition) is 5. The molecule has 2 atom stereocenters. The molecule has 0 aliphatic carbocycles. The monoisotopic (exact) mass is 526 g/mol. The molecule has 11 heteroatoms. The van der Waals surface area contributed by atoms with Crippen molar-refractivity contribution in [3.8, 4) is 5.75 Å². The summed E-state index contributed by atoms with van der Waals surface area (Å²) in [7, 11) is 0. The molecule has 2 heterocycles. The lowest BCUT2D eigenvalue weighted by Crippen LogP contribution is -2.39. The zero-order chi connectivity index (χ0) is 27.4. The van der Waals surface area contributed by atoms with E-state index in [9.17, 15) is 27.6 Å². The smallest absolute Gasteiger partial charge is 0.274 e. The Morgan fingerprint density at radius 1 is 1.03 bits per heavy atom. The molecule has 3 aromatic rings. The van der Waals surface area contributed by atoms with E-state index in [-0.39, 0.29) is 30.1 Å². The lowest BCUT2D eigenvalue weighted by Gasteiger charge is -2.21. The summed E-state index contributed by atoms with van der Waals surface area (Å²) in [6.07, 6.45) is 4.69. The van der Waals surface area contributed by atoms with Crippen LogP contribution in [-0.2, 0) is 13.2 Å². The highest BCUT2D eigenvalue weighted by molar-refractivity contribution is 5.99. The zero-order valence-corrected chi connectivity index (χ0v) is 20.6. The number of ether oxygens (including phenoxy) is 1. The summed E-state index contributed by atoms with van der Waals surface area (Å²) < 4.78 is 48.4. The third-order valence-electron chi connectivity index (χ3n) is 5.77. The van der Waals surface area contributed by atoms with Gasteiger partial charge in [-0.25, -0.2) is 13.2 Å². The highest BCUT2D eigenvalue weighted by Gasteiger charge is 2.28. The number of rotatable bonds is 6. The van der Waals surface area contributed by atoms with Gasteiger partial charge in [-0.2, -0.15) is 0 Å². The van der Waals surface area contributed by atoms with E-state index in [0.717, 1.165) is 6.20 Å². The number of carbonyl (C=O) groups is 2. The Hall–Kier alpha value is -4.54. The maximum atomic E-state index is 14.1. The van der Waals surface area contributed by atoms with Crippen molar-refractivity contribution in [1.82, 2.24) is 15.3 Å². The summed E-state index contributed by atoms with van der Waals surface area (Å²) in [6.45, 7) is 2.83. The Morgan fingerprint density at radius 2 is 1.68 bits per heavy atom. The predicted molar refractivity (Wildman–Crippen MR) is 134 cm³/mol. The summed E-state index contributed by atoms with van der Waals surface area (Å²) in [4.78, 5) is 39.7. The van der Waals surface area contributed by atoms with Crippen LogP contribution >= 0.6 is 0 Å². The van der Waals surface area contributed by atoms with Crippen molar-refractivity contribution in [2.45, 2.75) is 39.1 Å². The van der Waals surface area contributed by atoms with Crippen molar-refractivity contribution in [3.63, 3.8) is 0 Å². The number of carbonyl (C=O) groups excluding carboxylic acids is 2. The van der Waals surface area contributed by atoms with Crippen LogP contribution in [0.1, 0.15) is 45.8 Å². The fourth-order valence-electron chi connectivity index (χ4n) is 3.86. The van der Waals surface area contributed by atoms with Crippen molar-refractivity contribution in [2.24, 2.45) is 0 Å². The molecule has 0 spiro atoms. The molecule has 0 saturated heterocycles. The summed E-state index contributed by atoms with van der Waals surface area (Å²) >= 11 is 0. The van der Waals surface area contributed by atoms with Gasteiger partial charge in [0.2, 0.25) is 5.43 Å². The van der Waals surface area contributed by atoms with Gasteiger partial charge >= 0.3 is 0 Å². The fraction of sp³-hybridized carbons (Fsp3) is 0.222. The summed E-state index contributed by atoms with van der Waals surface area (Å²) in [5.41, 5.74) is 1.67. The van der Waals surface area contributed by atoms with E-state index in [4.69, 9.17) is 4.74 Å². The number of amides is 2. The Labute approximate surface area is 216 Å². The molecule has 2 unspecified atom stereocenters. The van der Waals surface area contributed by atoms with Crippen molar-refractivity contribution >= 4 is 11.8 Å². The molecular weight excluding hydrogens is 501 g/mol. The second-order valence-corrected chi connectivity index (χ2v) is 8.79. The number of pyridine rings is 1. The van der Waals surface area contributed by atoms with Gasteiger partial charge in [-0.1, -0.05) is 42.5 Å². The van der Waals surface area contributed by atoms with Crippen LogP contribution in [0, 0.1) is 17.5 Å². The average molecular weight is 527 g/mol. The zero-order valence-electron chi connectivity index (χ0n) is 20.6. The Bertz CT molecular complexity index is 1430. The lowest BCUT2D eigenvalue weighted by molar-refractivity contribution is 0.0921. The van der Waals surface area contributed by atoms with Crippen LogP contribution in [0.2, 0.25) is 0 Å². The molecule has 0 radical (unpaired) electrons. The minimum absolute atomic E-state index is 0.0726. The molecule has 0 fully saturated rings. The predicted octanol–water partition coefficient (Wildman–Crippen LogP) is 3.39. The molecule has 2 amide bonds. The Morgan fingerprint density at radius 3 is 2.37 bits per heavy atom. The molecule has 3 N–H and O–H groups in total. The molecule has 1 aromatic heterocycles. The van der Waals surface area contributed by atoms with Gasteiger partial charge in [0, 0.05) is 36.5 Å². The van der Waals surface area contributed by atoms with Crippen LogP contribution in [0.4, 0.5) is 13.2 Å². The van der Waals surface area contributed by atoms with Crippen LogP contribution in [0.3, 0.4) is 0 Å². The van der Waals surface area contributed by atoms with Crippen molar-refractivity contribution in [2.75, 3.05) is 5.43 Å². The Kier molecular flexibility index (Phi) is 7.85. The van der Waals surface area contributed by atoms with E-state index in [0.29, 0.717) is 17.7 Å². The highest BCUT2D eigenvalue weighted by atomic mass is 19.1. The van der Waals surface area contributed by atoms with Gasteiger partial charge in [0.25, 0.3) is 11.8 Å². The van der Waals surface area contributed by atoms with E-state index in [1.807, 2.05) is 6.07 Å². The van der Waals surface area contributed by atoms with Gasteiger partial charge in [0.05, 0.1) is 6.04 Å². The van der Waals surface area contributed by atoms with Crippen LogP contribution in [0.25, 0.3) is 0 Å². The first-order valence-electron chi connectivity index (χ1n) is 11.8. The normalized spacial score (nSPS) is 17.7. The lowest BCUT2D eigenvalue weighted by atomic mass is 10.1. The minimum Gasteiger partial charge on any atom is -0.482 e. The third kappa shape index (κ3) is 5.88. The summed E-state index contributed by atoms with van der Waals surface area (Å²) in [6, 6.07) is 9.18. The van der Waals surface area contributed by atoms with Crippen LogP contribution in [0.5, 0.6) is 5.75 Å². The first-order chi connectivity index (χ1) is 18.1. The Balaban J connectivity index is 1.74. The summed E-state index contributed by atoms with van der Waals surface area (Å²) in [5, 5.41) is 5.04. The van der Waals surface area contributed by atoms with Gasteiger partial charge < -0.3 is 20.8 Å². The quantitative estimate of drug-likeness (QED) is 0.428. The van der Waals surface area contributed by atoms with E-state index in [1.54, 1.807) is 50.3 Å². The molecular formula is C27H25F3N4O4. The van der Waals surface area contributed by atoms with Gasteiger partial charge in [-0.3, -0.25) is 19.1 Å². The SMILES string of the molecule is CC1/C=C\C(C)Nn2cc(C(=O)NCc3c(F)cc(F)cc3F)c(=O)c(OCc3ccccc3)c2C(=O)N1. The molecule has 4 rings (SSSR count). The first kappa shape index (κ1) is 26.5. The van der Waals surface area contributed by atoms with Crippen molar-refractivity contribution in [3.05, 3.63) is 111 Å². The largest absolute Gasteiger partial charge is 0.482 e. The van der Waals surface area contributed by atoms with Crippen LogP contribution in [0.15, 0.2) is 65.6 Å². The number of hydrogen-bond donors (Lipinski definition) is 3. The molecule has 0 bridgehead atoms. The van der Waals surface area contributed by atoms with Crippen molar-refractivity contribution < 1.29 is 27.5 Å². The molecule has 2 aromatic carbocycles. The molecule has 8 nitrogen and oxygen atoms in total. The average Bonchev–Trinajstić information content (AvgIpc) is 2.91. The molecule has 1 aliphatic heterocycles. The topological polar surface area (TPSA) is 101 Å². The van der Waals surface area contributed by atoms with E-state index in [2.05, 4.69) is 16.1 Å². The second-order valence-electron chi connectivity index (χ2n) is 8.79. The molecule has 0 saturated carbocycles. The molecule has 1 aliphatic rings. The maximum Gasteiger partial charge on any atom is 0.274 e. The number of nitrogens with one attached hydrogen (secondary N) is 3. The van der Waals surface area contributed by atoms with Crippen LogP contribution in [-0.4, -0.2) is 28.6 Å². The first-order valence-corrected chi connectivity index (χ1v) is 11.8. The van der Waals surface area contributed by atoms with E-state index >= 15 is 0 Å². The number of halogens is 3. The third-order valence-corrected chi connectivity index (χ3v) is 5.77. The number of benzene rings is 2. The standard InChI is InChI=1S/C27H25F3N4O4/c1-15-8-9-16(2)33-34-13-20(26(36)31-12-19-21(29)10-18(28)11-22(19)30)24(35)25(23(34)27(37)32-15)38-14-17-6-4-3-5-7-17/h3-11,13,15-16,33H,12,14H2,1-2H3,(H,31,36)(H,32,37)/b9-8-. The number of aromatic nitrogens is 1. The molecule has 198 valence electrons. The van der Waals surface area contributed by atoms with Crippen LogP contribution < -0.4 is 26.2 Å². The van der Waals surface area contributed by atoms with E-state index < -0.39 is 52.4 Å². The number of nitrogens with zero attached hydrogens (tertiary/aromatic N) is 1. The fourth-order valence-corrected chi connectivity index (χ4v) is 3.86. The summed E-state index contributed by atoms with van der Waals surface area (Å²) in [5.74, 6) is -5.45.